The Kier molecular flexibility index (Phi) is 1.64. The van der Waals surface area contributed by atoms with Gasteiger partial charge in [-0.2, -0.15) is 0 Å². The summed E-state index contributed by atoms with van der Waals surface area (Å²) in [5.74, 6) is 0. The van der Waals surface area contributed by atoms with Crippen molar-refractivity contribution >= 4 is 0 Å². The van der Waals surface area contributed by atoms with Gasteiger partial charge in [-0.15, -0.1) is 0 Å². The van der Waals surface area contributed by atoms with Crippen molar-refractivity contribution < 1.29 is 9.84 Å². The summed E-state index contributed by atoms with van der Waals surface area (Å²) in [4.78, 5) is 2.16. The Bertz CT molecular complexity index is 163. The van der Waals surface area contributed by atoms with Crippen LogP contribution in [0.5, 0.6) is 0 Å². The van der Waals surface area contributed by atoms with Crippen molar-refractivity contribution in [3.63, 3.8) is 0 Å². The zero-order valence-electron chi connectivity index (χ0n) is 6.60. The van der Waals surface area contributed by atoms with Crippen molar-refractivity contribution in [2.75, 3.05) is 13.6 Å². The van der Waals surface area contributed by atoms with E-state index in [1.165, 1.54) is 0 Å². The van der Waals surface area contributed by atoms with Crippen molar-refractivity contribution in [3.05, 3.63) is 0 Å². The van der Waals surface area contributed by atoms with E-state index in [0.29, 0.717) is 6.04 Å². The van der Waals surface area contributed by atoms with E-state index in [0.717, 1.165) is 13.0 Å². The third-order valence-electron chi connectivity index (χ3n) is 2.51. The van der Waals surface area contributed by atoms with Crippen LogP contribution >= 0.6 is 0 Å². The predicted octanol–water partition coefficient (Wildman–Crippen LogP) is -1.26. The van der Waals surface area contributed by atoms with Gasteiger partial charge in [0.05, 0.1) is 0 Å². The molecule has 0 aromatic carbocycles. The minimum atomic E-state index is -0.534. The molecular formula is C7H14N2O2. The van der Waals surface area contributed by atoms with E-state index in [1.807, 2.05) is 7.05 Å². The minimum Gasteiger partial charge on any atom is -0.366 e. The molecule has 3 N–H and O–H groups in total. The Morgan fingerprint density at radius 2 is 2.27 bits per heavy atom. The molecule has 2 unspecified atom stereocenters. The number of hydrogen-bond donors (Lipinski definition) is 2. The van der Waals surface area contributed by atoms with E-state index in [1.54, 1.807) is 0 Å². The molecule has 4 atom stereocenters. The summed E-state index contributed by atoms with van der Waals surface area (Å²) >= 11 is 0. The Balaban J connectivity index is 1.94. The first kappa shape index (κ1) is 7.49. The quantitative estimate of drug-likeness (QED) is 0.467. The lowest BCUT2D eigenvalue weighted by atomic mass is 10.1. The van der Waals surface area contributed by atoms with Gasteiger partial charge in [0.25, 0.3) is 0 Å². The third kappa shape index (κ3) is 1.27. The van der Waals surface area contributed by atoms with Gasteiger partial charge in [-0.1, -0.05) is 0 Å². The summed E-state index contributed by atoms with van der Waals surface area (Å²) in [6.07, 6.45) is 0.430. The lowest BCUT2D eigenvalue weighted by Crippen LogP contribution is -2.31. The van der Waals surface area contributed by atoms with Gasteiger partial charge in [0.2, 0.25) is 0 Å². The number of aliphatic hydroxyl groups excluding tert-OH is 1. The van der Waals surface area contributed by atoms with Crippen LogP contribution < -0.4 is 5.73 Å². The maximum atomic E-state index is 9.00. The first-order valence-electron chi connectivity index (χ1n) is 3.98. The molecule has 0 amide bonds. The van der Waals surface area contributed by atoms with E-state index in [4.69, 9.17) is 15.6 Å². The van der Waals surface area contributed by atoms with Gasteiger partial charge in [0.1, 0.15) is 6.10 Å². The zero-order chi connectivity index (χ0) is 8.01. The molecule has 64 valence electrons. The van der Waals surface area contributed by atoms with Gasteiger partial charge < -0.3 is 15.6 Å². The van der Waals surface area contributed by atoms with E-state index >= 15 is 0 Å². The molecule has 2 fully saturated rings. The molecule has 0 bridgehead atoms. The van der Waals surface area contributed by atoms with E-state index in [2.05, 4.69) is 4.90 Å². The Morgan fingerprint density at radius 1 is 1.64 bits per heavy atom. The average molecular weight is 158 g/mol. The number of rotatable bonds is 1. The molecule has 0 spiro atoms. The maximum absolute atomic E-state index is 9.00. The van der Waals surface area contributed by atoms with E-state index in [-0.39, 0.29) is 12.1 Å². The van der Waals surface area contributed by atoms with Gasteiger partial charge in [-0.25, -0.2) is 0 Å². The lowest BCUT2D eigenvalue weighted by molar-refractivity contribution is 0.155. The predicted molar refractivity (Wildman–Crippen MR) is 39.9 cm³/mol. The number of likely N-dealkylation sites (N-methyl/N-ethyl adjacent to an activating group) is 1. The Morgan fingerprint density at radius 3 is 2.64 bits per heavy atom. The standard InChI is InChI=1S/C7H14N2O2/c1-9-3-4(8)2-5(9)6-7(10)11-6/h4-7,10H,2-3,8H2,1H3/t4-,5-,6?,7?/m1/s1. The van der Waals surface area contributed by atoms with Gasteiger partial charge in [-0.05, 0) is 13.5 Å². The van der Waals surface area contributed by atoms with Crippen LogP contribution in [0, 0.1) is 0 Å². The number of nitrogens with zero attached hydrogens (tertiary/aromatic N) is 1. The normalized spacial score (nSPS) is 51.5. The van der Waals surface area contributed by atoms with Crippen LogP contribution in [0.4, 0.5) is 0 Å². The first-order chi connectivity index (χ1) is 5.18. The van der Waals surface area contributed by atoms with Crippen molar-refractivity contribution in [2.24, 2.45) is 5.73 Å². The minimum absolute atomic E-state index is 0.0218. The van der Waals surface area contributed by atoms with Crippen LogP contribution in [0.3, 0.4) is 0 Å². The number of aliphatic hydroxyl groups is 1. The second kappa shape index (κ2) is 2.42. The van der Waals surface area contributed by atoms with Gasteiger partial charge in [0.15, 0.2) is 6.29 Å². The molecule has 2 aliphatic heterocycles. The molecule has 4 heteroatoms. The van der Waals surface area contributed by atoms with Gasteiger partial charge in [0, 0.05) is 18.6 Å². The van der Waals surface area contributed by atoms with Crippen molar-refractivity contribution in [1.29, 1.82) is 0 Å². The second-order valence-corrected chi connectivity index (χ2v) is 3.49. The summed E-state index contributed by atoms with van der Waals surface area (Å²) < 4.78 is 4.98. The summed E-state index contributed by atoms with van der Waals surface area (Å²) in [6, 6.07) is 0.585. The highest BCUT2D eigenvalue weighted by Gasteiger charge is 2.48. The molecule has 0 saturated carbocycles. The summed E-state index contributed by atoms with van der Waals surface area (Å²) in [7, 11) is 2.02. The number of likely N-dealkylation sites (tertiary alicyclic amines) is 1. The smallest absolute Gasteiger partial charge is 0.183 e. The van der Waals surface area contributed by atoms with Gasteiger partial charge in [-0.3, -0.25) is 4.90 Å². The maximum Gasteiger partial charge on any atom is 0.183 e. The molecule has 11 heavy (non-hydrogen) atoms. The molecule has 0 aromatic rings. The molecule has 2 heterocycles. The summed E-state index contributed by atoms with van der Waals surface area (Å²) in [5, 5.41) is 9.00. The second-order valence-electron chi connectivity index (χ2n) is 3.49. The Hall–Kier alpha value is -0.160. The molecule has 4 nitrogen and oxygen atoms in total. The van der Waals surface area contributed by atoms with Crippen LogP contribution in [-0.4, -0.2) is 48.1 Å². The van der Waals surface area contributed by atoms with Crippen LogP contribution in [0.25, 0.3) is 0 Å². The third-order valence-corrected chi connectivity index (χ3v) is 2.51. The molecule has 0 aromatic heterocycles. The van der Waals surface area contributed by atoms with E-state index < -0.39 is 6.29 Å². The fourth-order valence-corrected chi connectivity index (χ4v) is 1.85. The molecular weight excluding hydrogens is 144 g/mol. The highest BCUT2D eigenvalue weighted by Crippen LogP contribution is 2.31. The monoisotopic (exact) mass is 158 g/mol. The summed E-state index contributed by atoms with van der Waals surface area (Å²) in [5.41, 5.74) is 5.75. The fraction of sp³-hybridized carbons (Fsp3) is 1.00. The molecule has 0 aliphatic carbocycles. The number of ether oxygens (including phenoxy) is 1. The van der Waals surface area contributed by atoms with Crippen LogP contribution in [0.1, 0.15) is 6.42 Å². The molecule has 2 aliphatic rings. The van der Waals surface area contributed by atoms with Crippen LogP contribution in [-0.2, 0) is 4.74 Å². The van der Waals surface area contributed by atoms with Crippen molar-refractivity contribution in [3.8, 4) is 0 Å². The van der Waals surface area contributed by atoms with Gasteiger partial charge >= 0.3 is 0 Å². The highest BCUT2D eigenvalue weighted by molar-refractivity contribution is 4.96. The number of nitrogens with two attached hydrogens (primary N) is 1. The number of hydrogen-bond acceptors (Lipinski definition) is 4. The SMILES string of the molecule is CN1C[C@H](N)C[C@@H]1C1OC1O. The molecule has 2 rings (SSSR count). The Labute approximate surface area is 65.9 Å². The van der Waals surface area contributed by atoms with Crippen LogP contribution in [0.2, 0.25) is 0 Å². The fourth-order valence-electron chi connectivity index (χ4n) is 1.85. The highest BCUT2D eigenvalue weighted by atomic mass is 16.7. The first-order valence-corrected chi connectivity index (χ1v) is 3.98. The summed E-state index contributed by atoms with van der Waals surface area (Å²) in [6.45, 7) is 0.914. The van der Waals surface area contributed by atoms with Crippen molar-refractivity contribution in [1.82, 2.24) is 4.90 Å². The number of epoxide rings is 1. The molecule has 0 radical (unpaired) electrons. The average Bonchev–Trinajstić information content (AvgIpc) is 2.52. The van der Waals surface area contributed by atoms with Crippen molar-refractivity contribution in [2.45, 2.75) is 30.9 Å². The lowest BCUT2D eigenvalue weighted by Gasteiger charge is -2.15. The zero-order valence-corrected chi connectivity index (χ0v) is 6.60. The van der Waals surface area contributed by atoms with E-state index in [9.17, 15) is 0 Å². The topological polar surface area (TPSA) is 62.0 Å². The van der Waals surface area contributed by atoms with Crippen LogP contribution in [0.15, 0.2) is 0 Å². The largest absolute Gasteiger partial charge is 0.366 e. The molecule has 2 saturated heterocycles.